The van der Waals surface area contributed by atoms with E-state index in [1.807, 2.05) is 11.3 Å². The summed E-state index contributed by atoms with van der Waals surface area (Å²) in [4.78, 5) is 5.79. The summed E-state index contributed by atoms with van der Waals surface area (Å²) >= 11 is 1.82. The molecule has 1 aromatic rings. The lowest BCUT2D eigenvalue weighted by atomic mass is 10.2. The maximum Gasteiger partial charge on any atom is 0.140 e. The molecule has 1 aliphatic rings. The minimum atomic E-state index is 1.09. The highest BCUT2D eigenvalue weighted by molar-refractivity contribution is 7.12. The van der Waals surface area contributed by atoms with Crippen molar-refractivity contribution in [2.24, 2.45) is 0 Å². The number of hydrogen-bond donors (Lipinski definition) is 1. The second-order valence-electron chi connectivity index (χ2n) is 2.53. The van der Waals surface area contributed by atoms with Gasteiger partial charge in [-0.05, 0) is 19.8 Å². The van der Waals surface area contributed by atoms with Gasteiger partial charge in [-0.15, -0.1) is 11.3 Å². The van der Waals surface area contributed by atoms with Crippen LogP contribution < -0.4 is 5.32 Å². The van der Waals surface area contributed by atoms with Crippen molar-refractivity contribution in [2.75, 3.05) is 11.9 Å². The van der Waals surface area contributed by atoms with Gasteiger partial charge in [-0.1, -0.05) is 0 Å². The first kappa shape index (κ1) is 6.16. The molecule has 0 unspecified atom stereocenters. The Morgan fingerprint density at radius 3 is 3.30 bits per heavy atom. The van der Waals surface area contributed by atoms with Crippen molar-refractivity contribution in [1.82, 2.24) is 4.98 Å². The Balaban J connectivity index is 2.41. The van der Waals surface area contributed by atoms with E-state index in [9.17, 15) is 0 Å². The Morgan fingerprint density at radius 1 is 1.60 bits per heavy atom. The van der Waals surface area contributed by atoms with Crippen LogP contribution in [0, 0.1) is 6.92 Å². The first-order valence-electron chi connectivity index (χ1n) is 3.56. The molecule has 0 saturated carbocycles. The second-order valence-corrected chi connectivity index (χ2v) is 3.82. The van der Waals surface area contributed by atoms with E-state index < -0.39 is 0 Å². The van der Waals surface area contributed by atoms with Crippen LogP contribution in [0.5, 0.6) is 0 Å². The van der Waals surface area contributed by atoms with Gasteiger partial charge in [0.2, 0.25) is 0 Å². The van der Waals surface area contributed by atoms with E-state index in [1.54, 1.807) is 0 Å². The van der Waals surface area contributed by atoms with E-state index in [0.29, 0.717) is 0 Å². The van der Waals surface area contributed by atoms with E-state index in [1.165, 1.54) is 22.7 Å². The van der Waals surface area contributed by atoms with Crippen molar-refractivity contribution < 1.29 is 0 Å². The summed E-state index contributed by atoms with van der Waals surface area (Å²) < 4.78 is 0. The minimum absolute atomic E-state index is 1.09. The monoisotopic (exact) mass is 154 g/mol. The first-order chi connectivity index (χ1) is 4.86. The molecule has 0 spiro atoms. The van der Waals surface area contributed by atoms with E-state index in [-0.39, 0.29) is 0 Å². The van der Waals surface area contributed by atoms with Gasteiger partial charge in [0.1, 0.15) is 5.82 Å². The molecule has 1 aromatic heterocycles. The number of hydrogen-bond acceptors (Lipinski definition) is 3. The highest BCUT2D eigenvalue weighted by atomic mass is 32.1. The SMILES string of the molecule is Cc1nc2c(s1)CCCN2. The molecule has 0 atom stereocenters. The summed E-state index contributed by atoms with van der Waals surface area (Å²) in [5, 5.41) is 4.46. The van der Waals surface area contributed by atoms with Crippen LogP contribution in [0.1, 0.15) is 16.3 Å². The Kier molecular flexibility index (Phi) is 1.38. The molecule has 10 heavy (non-hydrogen) atoms. The van der Waals surface area contributed by atoms with Crippen molar-refractivity contribution in [3.63, 3.8) is 0 Å². The van der Waals surface area contributed by atoms with Crippen molar-refractivity contribution in [3.05, 3.63) is 9.88 Å². The zero-order chi connectivity index (χ0) is 6.97. The lowest BCUT2D eigenvalue weighted by Gasteiger charge is -2.10. The van der Waals surface area contributed by atoms with Crippen molar-refractivity contribution >= 4 is 17.2 Å². The number of nitrogens with zero attached hydrogens (tertiary/aromatic N) is 1. The third-order valence-electron chi connectivity index (χ3n) is 1.68. The molecule has 0 radical (unpaired) electrons. The number of aromatic nitrogens is 1. The molecule has 2 heterocycles. The molecule has 54 valence electrons. The lowest BCUT2D eigenvalue weighted by molar-refractivity contribution is 0.836. The smallest absolute Gasteiger partial charge is 0.140 e. The lowest BCUT2D eigenvalue weighted by Crippen LogP contribution is -2.09. The number of nitrogens with one attached hydrogen (secondary N) is 1. The summed E-state index contributed by atoms with van der Waals surface area (Å²) in [6.07, 6.45) is 2.47. The average molecular weight is 154 g/mol. The third-order valence-corrected chi connectivity index (χ3v) is 2.71. The highest BCUT2D eigenvalue weighted by Gasteiger charge is 2.11. The fraction of sp³-hybridized carbons (Fsp3) is 0.571. The number of fused-ring (bicyclic) bond motifs is 1. The molecule has 0 fully saturated rings. The average Bonchev–Trinajstić information content (AvgIpc) is 2.27. The molecule has 3 heteroatoms. The molecule has 1 aliphatic heterocycles. The molecule has 0 aliphatic carbocycles. The minimum Gasteiger partial charge on any atom is -0.369 e. The Morgan fingerprint density at radius 2 is 2.50 bits per heavy atom. The summed E-state index contributed by atoms with van der Waals surface area (Å²) in [7, 11) is 0. The van der Waals surface area contributed by atoms with Gasteiger partial charge < -0.3 is 5.32 Å². The van der Waals surface area contributed by atoms with Crippen LogP contribution in [0.3, 0.4) is 0 Å². The topological polar surface area (TPSA) is 24.9 Å². The predicted octanol–water partition coefficient (Wildman–Crippen LogP) is 1.81. The molecular formula is C7H10N2S. The largest absolute Gasteiger partial charge is 0.369 e. The normalized spacial score (nSPS) is 16.1. The van der Waals surface area contributed by atoms with Crippen LogP contribution in [-0.4, -0.2) is 11.5 Å². The molecule has 0 saturated heterocycles. The molecule has 0 aromatic carbocycles. The fourth-order valence-corrected chi connectivity index (χ4v) is 2.19. The van der Waals surface area contributed by atoms with Gasteiger partial charge in [0.25, 0.3) is 0 Å². The summed E-state index contributed by atoms with van der Waals surface area (Å²) in [6.45, 7) is 3.15. The van der Waals surface area contributed by atoms with E-state index >= 15 is 0 Å². The number of anilines is 1. The van der Waals surface area contributed by atoms with E-state index in [2.05, 4.69) is 17.2 Å². The molecule has 2 rings (SSSR count). The van der Waals surface area contributed by atoms with E-state index in [4.69, 9.17) is 0 Å². The van der Waals surface area contributed by atoms with Gasteiger partial charge >= 0.3 is 0 Å². The molecule has 0 bridgehead atoms. The molecular weight excluding hydrogens is 144 g/mol. The quantitative estimate of drug-likeness (QED) is 0.616. The van der Waals surface area contributed by atoms with Crippen LogP contribution in [0.25, 0.3) is 0 Å². The number of thiazole rings is 1. The van der Waals surface area contributed by atoms with Crippen LogP contribution in [-0.2, 0) is 6.42 Å². The van der Waals surface area contributed by atoms with Gasteiger partial charge in [-0.25, -0.2) is 4.98 Å². The Bertz CT molecular complexity index is 218. The maximum atomic E-state index is 4.36. The maximum absolute atomic E-state index is 4.36. The van der Waals surface area contributed by atoms with Crippen LogP contribution in [0.2, 0.25) is 0 Å². The summed E-state index contributed by atoms with van der Waals surface area (Å²) in [5.41, 5.74) is 0. The summed E-state index contributed by atoms with van der Waals surface area (Å²) in [6, 6.07) is 0. The van der Waals surface area contributed by atoms with Gasteiger partial charge in [-0.2, -0.15) is 0 Å². The number of rotatable bonds is 0. The third kappa shape index (κ3) is 0.904. The zero-order valence-electron chi connectivity index (χ0n) is 5.98. The van der Waals surface area contributed by atoms with Gasteiger partial charge in [0.05, 0.1) is 5.01 Å². The van der Waals surface area contributed by atoms with E-state index in [0.717, 1.165) is 12.4 Å². The van der Waals surface area contributed by atoms with Gasteiger partial charge in [0, 0.05) is 11.4 Å². The van der Waals surface area contributed by atoms with Crippen LogP contribution >= 0.6 is 11.3 Å². The fourth-order valence-electron chi connectivity index (χ4n) is 1.23. The first-order valence-corrected chi connectivity index (χ1v) is 4.38. The van der Waals surface area contributed by atoms with Crippen LogP contribution in [0.4, 0.5) is 5.82 Å². The van der Waals surface area contributed by atoms with Crippen molar-refractivity contribution in [1.29, 1.82) is 0 Å². The molecule has 1 N–H and O–H groups in total. The molecule has 0 amide bonds. The number of aryl methyl sites for hydroxylation is 2. The standard InChI is InChI=1S/C7H10N2S/c1-5-9-7-6(10-5)3-2-4-8-7/h8H,2-4H2,1H3. The van der Waals surface area contributed by atoms with Gasteiger partial charge in [-0.3, -0.25) is 0 Å². The Hall–Kier alpha value is -0.570. The zero-order valence-corrected chi connectivity index (χ0v) is 6.79. The second kappa shape index (κ2) is 2.23. The molecule has 2 nitrogen and oxygen atoms in total. The summed E-state index contributed by atoms with van der Waals surface area (Å²) in [5.74, 6) is 1.13. The van der Waals surface area contributed by atoms with Crippen LogP contribution in [0.15, 0.2) is 0 Å². The predicted molar refractivity (Wildman–Crippen MR) is 43.7 cm³/mol. The Labute approximate surface area is 64.3 Å². The van der Waals surface area contributed by atoms with Crippen molar-refractivity contribution in [3.8, 4) is 0 Å². The van der Waals surface area contributed by atoms with Crippen molar-refractivity contribution in [2.45, 2.75) is 19.8 Å². The van der Waals surface area contributed by atoms with Gasteiger partial charge in [0.15, 0.2) is 0 Å². The highest BCUT2D eigenvalue weighted by Crippen LogP contribution is 2.26.